The van der Waals surface area contributed by atoms with Gasteiger partial charge in [0.05, 0.1) is 18.0 Å². The Morgan fingerprint density at radius 2 is 1.84 bits per heavy atom. The molecule has 1 aromatic carbocycles. The predicted molar refractivity (Wildman–Crippen MR) is 68.6 cm³/mol. The number of para-hydroxylation sites is 1. The Kier molecular flexibility index (Phi) is 5.27. The van der Waals surface area contributed by atoms with E-state index < -0.39 is 25.1 Å². The van der Waals surface area contributed by atoms with Crippen LogP contribution in [0.15, 0.2) is 29.2 Å². The van der Waals surface area contributed by atoms with Gasteiger partial charge in [-0.05, 0) is 19.1 Å². The van der Waals surface area contributed by atoms with Crippen LogP contribution in [0.3, 0.4) is 0 Å². The molecule has 0 saturated heterocycles. The number of sulfonamides is 1. The Balaban J connectivity index is 2.94. The van der Waals surface area contributed by atoms with Crippen LogP contribution in [-0.4, -0.2) is 35.8 Å². The van der Waals surface area contributed by atoms with Gasteiger partial charge in [0.15, 0.2) is 0 Å². The molecule has 0 atom stereocenters. The molecule has 0 unspecified atom stereocenters. The smallest absolute Gasteiger partial charge is 0.334 e. The largest absolute Gasteiger partial charge is 0.381 e. The van der Waals surface area contributed by atoms with Crippen molar-refractivity contribution in [1.29, 1.82) is 0 Å². The van der Waals surface area contributed by atoms with Crippen LogP contribution < -0.4 is 4.72 Å². The first-order chi connectivity index (χ1) is 8.76. The van der Waals surface area contributed by atoms with E-state index in [1.54, 1.807) is 6.92 Å². The number of nitrogens with one attached hydrogen (secondary N) is 1. The summed E-state index contributed by atoms with van der Waals surface area (Å²) < 4.78 is 64.9. The van der Waals surface area contributed by atoms with Gasteiger partial charge in [0.25, 0.3) is 0 Å². The van der Waals surface area contributed by atoms with E-state index in [9.17, 15) is 20.7 Å². The monoisotopic (exact) mass is 311 g/mol. The topological polar surface area (TPSA) is 89.5 Å². The van der Waals surface area contributed by atoms with E-state index in [1.165, 1.54) is 18.2 Å². The van der Waals surface area contributed by atoms with Gasteiger partial charge in [-0.2, -0.15) is 8.42 Å². The van der Waals surface area contributed by atoms with Crippen LogP contribution in [0.4, 0.5) is 9.57 Å². The van der Waals surface area contributed by atoms with Gasteiger partial charge in [-0.15, -0.1) is 3.89 Å². The highest BCUT2D eigenvalue weighted by Gasteiger charge is 2.20. The average Bonchev–Trinajstić information content (AvgIpc) is 2.27. The summed E-state index contributed by atoms with van der Waals surface area (Å²) in [6, 6.07) is 4.85. The summed E-state index contributed by atoms with van der Waals surface area (Å²) in [5.41, 5.74) is -0.318. The normalized spacial score (nSPS) is 12.3. The minimum absolute atomic E-state index is 0.0314. The molecular formula is C10H14FNO5S2. The molecule has 0 spiro atoms. The standard InChI is InChI=1S/C10H14FNO5S2/c1-2-17-7-8-18(13,14)12-9-5-3-4-6-10(9)19(11,15)16/h3-6,12H,2,7-8H2,1H3. The SMILES string of the molecule is CCOCCS(=O)(=O)Nc1ccccc1S(=O)(=O)F. The van der Waals surface area contributed by atoms with Gasteiger partial charge in [0.2, 0.25) is 10.0 Å². The molecule has 0 aliphatic carbocycles. The van der Waals surface area contributed by atoms with Crippen molar-refractivity contribution in [2.75, 3.05) is 23.7 Å². The second-order valence-corrected chi connectivity index (χ2v) is 6.71. The molecular weight excluding hydrogens is 297 g/mol. The molecule has 1 aromatic rings. The third-order valence-corrected chi connectivity index (χ3v) is 4.23. The highest BCUT2D eigenvalue weighted by atomic mass is 32.3. The molecule has 0 aliphatic heterocycles. The van der Waals surface area contributed by atoms with E-state index in [0.29, 0.717) is 6.61 Å². The first-order valence-electron chi connectivity index (χ1n) is 5.38. The van der Waals surface area contributed by atoms with Crippen molar-refractivity contribution < 1.29 is 25.5 Å². The van der Waals surface area contributed by atoms with E-state index in [0.717, 1.165) is 6.07 Å². The molecule has 108 valence electrons. The van der Waals surface area contributed by atoms with E-state index in [4.69, 9.17) is 4.74 Å². The Morgan fingerprint density at radius 1 is 1.21 bits per heavy atom. The molecule has 0 radical (unpaired) electrons. The predicted octanol–water partition coefficient (Wildman–Crippen LogP) is 1.12. The summed E-state index contributed by atoms with van der Waals surface area (Å²) in [6.07, 6.45) is 0. The maximum Gasteiger partial charge on any atom is 0.334 e. The Hall–Kier alpha value is -1.19. The molecule has 0 fully saturated rings. The summed E-state index contributed by atoms with van der Waals surface area (Å²) in [5, 5.41) is 0. The lowest BCUT2D eigenvalue weighted by Gasteiger charge is -2.10. The molecule has 0 heterocycles. The summed E-state index contributed by atoms with van der Waals surface area (Å²) in [5.74, 6) is -0.346. The Labute approximate surface area is 111 Å². The molecule has 19 heavy (non-hydrogen) atoms. The lowest BCUT2D eigenvalue weighted by molar-refractivity contribution is 0.163. The lowest BCUT2D eigenvalue weighted by Crippen LogP contribution is -2.21. The highest BCUT2D eigenvalue weighted by molar-refractivity contribution is 7.92. The number of anilines is 1. The van der Waals surface area contributed by atoms with Crippen molar-refractivity contribution in [1.82, 2.24) is 0 Å². The number of halogens is 1. The fourth-order valence-corrected chi connectivity index (χ4v) is 2.93. The molecule has 6 nitrogen and oxygen atoms in total. The summed E-state index contributed by atoms with van der Waals surface area (Å²) >= 11 is 0. The van der Waals surface area contributed by atoms with Crippen molar-refractivity contribution >= 4 is 25.9 Å². The average molecular weight is 311 g/mol. The first-order valence-corrected chi connectivity index (χ1v) is 8.42. The summed E-state index contributed by atoms with van der Waals surface area (Å²) in [4.78, 5) is -0.713. The van der Waals surface area contributed by atoms with Gasteiger partial charge in [-0.1, -0.05) is 12.1 Å². The van der Waals surface area contributed by atoms with Crippen LogP contribution in [0.25, 0.3) is 0 Å². The number of hydrogen-bond acceptors (Lipinski definition) is 5. The molecule has 1 N–H and O–H groups in total. The van der Waals surface area contributed by atoms with Crippen LogP contribution in [0.1, 0.15) is 6.92 Å². The molecule has 9 heteroatoms. The second-order valence-electron chi connectivity index (χ2n) is 3.55. The zero-order chi connectivity index (χ0) is 14.5. The van der Waals surface area contributed by atoms with Crippen LogP contribution in [0.2, 0.25) is 0 Å². The van der Waals surface area contributed by atoms with Gasteiger partial charge in [-0.25, -0.2) is 8.42 Å². The lowest BCUT2D eigenvalue weighted by atomic mass is 10.3. The van der Waals surface area contributed by atoms with Crippen LogP contribution in [0.5, 0.6) is 0 Å². The molecule has 0 saturated carbocycles. The number of hydrogen-bond donors (Lipinski definition) is 1. The maximum atomic E-state index is 13.0. The zero-order valence-corrected chi connectivity index (χ0v) is 11.8. The second kappa shape index (κ2) is 6.31. The maximum absolute atomic E-state index is 13.0. The van der Waals surface area contributed by atoms with Gasteiger partial charge in [0.1, 0.15) is 4.90 Å². The Bertz CT molecular complexity index is 627. The molecule has 0 amide bonds. The van der Waals surface area contributed by atoms with Crippen molar-refractivity contribution in [2.24, 2.45) is 0 Å². The molecule has 0 bridgehead atoms. The van der Waals surface area contributed by atoms with Gasteiger partial charge in [0, 0.05) is 6.61 Å². The third-order valence-electron chi connectivity index (χ3n) is 2.12. The van der Waals surface area contributed by atoms with Gasteiger partial charge < -0.3 is 4.74 Å². The zero-order valence-electron chi connectivity index (χ0n) is 10.2. The quantitative estimate of drug-likeness (QED) is 0.602. The molecule has 1 rings (SSSR count). The first kappa shape index (κ1) is 15.9. The summed E-state index contributed by atoms with van der Waals surface area (Å²) in [6.45, 7) is 2.05. The fourth-order valence-electron chi connectivity index (χ4n) is 1.30. The fraction of sp³-hybridized carbons (Fsp3) is 0.400. The number of ether oxygens (including phenoxy) is 1. The van der Waals surface area contributed by atoms with Crippen molar-refractivity contribution in [3.05, 3.63) is 24.3 Å². The van der Waals surface area contributed by atoms with Gasteiger partial charge >= 0.3 is 10.2 Å². The van der Waals surface area contributed by atoms with Crippen molar-refractivity contribution in [2.45, 2.75) is 11.8 Å². The number of rotatable bonds is 7. The van der Waals surface area contributed by atoms with Crippen LogP contribution in [0, 0.1) is 0 Å². The van der Waals surface area contributed by atoms with Crippen LogP contribution in [-0.2, 0) is 25.0 Å². The van der Waals surface area contributed by atoms with E-state index >= 15 is 0 Å². The van der Waals surface area contributed by atoms with E-state index in [-0.39, 0.29) is 18.0 Å². The van der Waals surface area contributed by atoms with E-state index in [2.05, 4.69) is 0 Å². The third kappa shape index (κ3) is 5.13. The van der Waals surface area contributed by atoms with Crippen molar-refractivity contribution in [3.8, 4) is 0 Å². The van der Waals surface area contributed by atoms with Crippen molar-refractivity contribution in [3.63, 3.8) is 0 Å². The van der Waals surface area contributed by atoms with E-state index in [1.807, 2.05) is 4.72 Å². The minimum atomic E-state index is -4.99. The Morgan fingerprint density at radius 3 is 2.42 bits per heavy atom. The minimum Gasteiger partial charge on any atom is -0.381 e. The summed E-state index contributed by atoms with van der Waals surface area (Å²) in [7, 11) is -8.78. The molecule has 0 aliphatic rings. The van der Waals surface area contributed by atoms with Gasteiger partial charge in [-0.3, -0.25) is 4.72 Å². The number of benzene rings is 1. The molecule has 0 aromatic heterocycles. The highest BCUT2D eigenvalue weighted by Crippen LogP contribution is 2.23. The van der Waals surface area contributed by atoms with Crippen LogP contribution >= 0.6 is 0 Å².